The number of benzene rings is 1. The first-order valence-electron chi connectivity index (χ1n) is 12.3. The Kier molecular flexibility index (Phi) is 7.33. The molecule has 3 aromatic rings. The van der Waals surface area contributed by atoms with E-state index in [1.54, 1.807) is 37.5 Å². The second-order valence-corrected chi connectivity index (χ2v) is 9.10. The first kappa shape index (κ1) is 24.7. The van der Waals surface area contributed by atoms with Crippen molar-refractivity contribution >= 4 is 5.97 Å². The van der Waals surface area contributed by atoms with Gasteiger partial charge < -0.3 is 19.3 Å². The molecule has 5 rings (SSSR count). The quantitative estimate of drug-likeness (QED) is 0.429. The van der Waals surface area contributed by atoms with Gasteiger partial charge in [0, 0.05) is 42.1 Å². The average Bonchev–Trinajstić information content (AvgIpc) is 3.56. The summed E-state index contributed by atoms with van der Waals surface area (Å²) in [5.74, 6) is 4.88. The Labute approximate surface area is 214 Å². The number of halogens is 1. The van der Waals surface area contributed by atoms with Crippen molar-refractivity contribution in [3.05, 3.63) is 71.3 Å². The first-order valence-corrected chi connectivity index (χ1v) is 12.3. The number of ether oxygens (including phenoxy) is 3. The standard InChI is InChI=1S/C29H27FN2O5/c1-2-3-18(14-28(33)34)19-4-10-27(31-15-19)37-25-9-7-23-22(6-8-24(30)29(23)25)20-5-11-26(32-16-20)36-21-12-13-35-17-21/h4-6,8,10-11,15-16,18,21,25H,7,9,12-14,17H2,1H3,(H,33,34)/t18?,21-,25-/m1/s1. The van der Waals surface area contributed by atoms with Gasteiger partial charge in [-0.2, -0.15) is 0 Å². The fraction of sp³-hybridized carbons (Fsp3) is 0.345. The molecular formula is C29H27FN2O5. The summed E-state index contributed by atoms with van der Waals surface area (Å²) >= 11 is 0. The van der Waals surface area contributed by atoms with E-state index in [1.807, 2.05) is 12.1 Å². The minimum Gasteiger partial charge on any atom is -0.481 e. The number of hydrogen-bond donors (Lipinski definition) is 1. The molecule has 7 nitrogen and oxygen atoms in total. The van der Waals surface area contributed by atoms with Gasteiger partial charge in [-0.3, -0.25) is 4.79 Å². The van der Waals surface area contributed by atoms with Crippen LogP contribution in [-0.2, 0) is 16.0 Å². The van der Waals surface area contributed by atoms with E-state index in [1.165, 1.54) is 6.07 Å². The smallest absolute Gasteiger partial charge is 0.304 e. The highest BCUT2D eigenvalue weighted by Gasteiger charge is 2.30. The molecule has 190 valence electrons. The maximum Gasteiger partial charge on any atom is 0.304 e. The summed E-state index contributed by atoms with van der Waals surface area (Å²) in [5.41, 5.74) is 3.94. The van der Waals surface area contributed by atoms with Crippen LogP contribution in [0, 0.1) is 17.7 Å². The van der Waals surface area contributed by atoms with Crippen molar-refractivity contribution < 1.29 is 28.5 Å². The van der Waals surface area contributed by atoms with Crippen molar-refractivity contribution in [3.8, 4) is 34.7 Å². The Morgan fingerprint density at radius 3 is 2.62 bits per heavy atom. The van der Waals surface area contributed by atoms with Crippen molar-refractivity contribution in [2.75, 3.05) is 13.2 Å². The molecule has 1 aliphatic heterocycles. The molecule has 1 aliphatic carbocycles. The van der Waals surface area contributed by atoms with Gasteiger partial charge in [-0.25, -0.2) is 14.4 Å². The Bertz CT molecular complexity index is 1330. The van der Waals surface area contributed by atoms with Crippen LogP contribution in [0.25, 0.3) is 11.1 Å². The number of fused-ring (bicyclic) bond motifs is 1. The predicted octanol–water partition coefficient (Wildman–Crippen LogP) is 5.10. The molecule has 1 aromatic carbocycles. The highest BCUT2D eigenvalue weighted by molar-refractivity contribution is 5.70. The minimum absolute atomic E-state index is 0.0247. The zero-order valence-electron chi connectivity index (χ0n) is 20.4. The SMILES string of the molecule is CC#CC(CC(=O)O)c1ccc(O[C@@H]2CCc3c(-c4ccc(O[C@@H]5CCOC5)nc4)ccc(F)c32)nc1. The first-order chi connectivity index (χ1) is 18.0. The molecule has 3 atom stereocenters. The lowest BCUT2D eigenvalue weighted by Gasteiger charge is -2.17. The molecule has 8 heteroatoms. The predicted molar refractivity (Wildman–Crippen MR) is 134 cm³/mol. The van der Waals surface area contributed by atoms with Crippen LogP contribution in [-0.4, -0.2) is 40.4 Å². The van der Waals surface area contributed by atoms with E-state index in [0.29, 0.717) is 48.9 Å². The van der Waals surface area contributed by atoms with Crippen LogP contribution in [0.5, 0.6) is 11.8 Å². The molecule has 0 saturated carbocycles. The molecule has 3 heterocycles. The molecule has 1 fully saturated rings. The molecule has 1 N–H and O–H groups in total. The third-order valence-corrected chi connectivity index (χ3v) is 6.63. The van der Waals surface area contributed by atoms with E-state index in [0.717, 1.165) is 23.1 Å². The summed E-state index contributed by atoms with van der Waals surface area (Å²) in [4.78, 5) is 20.0. The highest BCUT2D eigenvalue weighted by atomic mass is 19.1. The molecule has 0 spiro atoms. The van der Waals surface area contributed by atoms with Crippen LogP contribution in [0.15, 0.2) is 48.8 Å². The number of aromatic nitrogens is 2. The molecule has 1 unspecified atom stereocenters. The second-order valence-electron chi connectivity index (χ2n) is 9.10. The number of pyridine rings is 2. The van der Waals surface area contributed by atoms with Crippen LogP contribution >= 0.6 is 0 Å². The number of carboxylic acids is 1. The summed E-state index contributed by atoms with van der Waals surface area (Å²) < 4.78 is 32.3. The van der Waals surface area contributed by atoms with Crippen molar-refractivity contribution in [1.82, 2.24) is 9.97 Å². The van der Waals surface area contributed by atoms with Gasteiger partial charge in [0.25, 0.3) is 0 Å². The van der Waals surface area contributed by atoms with E-state index < -0.39 is 18.0 Å². The molecule has 1 saturated heterocycles. The van der Waals surface area contributed by atoms with E-state index in [-0.39, 0.29) is 18.3 Å². The zero-order valence-corrected chi connectivity index (χ0v) is 20.4. The molecule has 2 aromatic heterocycles. The third-order valence-electron chi connectivity index (χ3n) is 6.63. The minimum atomic E-state index is -0.928. The lowest BCUT2D eigenvalue weighted by Crippen LogP contribution is -2.16. The average molecular weight is 503 g/mol. The fourth-order valence-corrected chi connectivity index (χ4v) is 4.86. The number of rotatable bonds is 8. The van der Waals surface area contributed by atoms with Gasteiger partial charge >= 0.3 is 5.97 Å². The van der Waals surface area contributed by atoms with Gasteiger partial charge in [0.1, 0.15) is 18.0 Å². The second kappa shape index (κ2) is 11.0. The number of carboxylic acid groups (broad SMARTS) is 1. The fourth-order valence-electron chi connectivity index (χ4n) is 4.86. The lowest BCUT2D eigenvalue weighted by atomic mass is 9.97. The topological polar surface area (TPSA) is 90.8 Å². The number of hydrogen-bond acceptors (Lipinski definition) is 6. The van der Waals surface area contributed by atoms with Gasteiger partial charge in [0.15, 0.2) is 0 Å². The van der Waals surface area contributed by atoms with Gasteiger partial charge in [-0.05, 0) is 48.6 Å². The van der Waals surface area contributed by atoms with E-state index in [2.05, 4.69) is 21.8 Å². The zero-order chi connectivity index (χ0) is 25.8. The Morgan fingerprint density at radius 2 is 1.95 bits per heavy atom. The third kappa shape index (κ3) is 5.57. The van der Waals surface area contributed by atoms with Crippen molar-refractivity contribution in [2.45, 2.75) is 50.7 Å². The van der Waals surface area contributed by atoms with Gasteiger partial charge in [-0.15, -0.1) is 5.92 Å². The summed E-state index contributed by atoms with van der Waals surface area (Å²) in [6.45, 7) is 2.94. The lowest BCUT2D eigenvalue weighted by molar-refractivity contribution is -0.137. The van der Waals surface area contributed by atoms with E-state index in [4.69, 9.17) is 19.3 Å². The summed E-state index contributed by atoms with van der Waals surface area (Å²) in [6, 6.07) is 10.5. The highest BCUT2D eigenvalue weighted by Crippen LogP contribution is 2.41. The van der Waals surface area contributed by atoms with Crippen molar-refractivity contribution in [1.29, 1.82) is 0 Å². The van der Waals surface area contributed by atoms with Crippen LogP contribution in [0.2, 0.25) is 0 Å². The molecule has 37 heavy (non-hydrogen) atoms. The van der Waals surface area contributed by atoms with E-state index >= 15 is 0 Å². The summed E-state index contributed by atoms with van der Waals surface area (Å²) in [5, 5.41) is 9.15. The molecule has 2 aliphatic rings. The van der Waals surface area contributed by atoms with Gasteiger partial charge in [-0.1, -0.05) is 18.1 Å². The van der Waals surface area contributed by atoms with E-state index in [9.17, 15) is 9.18 Å². The van der Waals surface area contributed by atoms with Gasteiger partial charge in [0.05, 0.1) is 25.6 Å². The Hall–Kier alpha value is -3.96. The number of nitrogens with zero attached hydrogens (tertiary/aromatic N) is 2. The molecular weight excluding hydrogens is 475 g/mol. The molecule has 0 amide bonds. The van der Waals surface area contributed by atoms with Crippen molar-refractivity contribution in [3.63, 3.8) is 0 Å². The molecule has 0 radical (unpaired) electrons. The maximum atomic E-state index is 15.0. The van der Waals surface area contributed by atoms with Crippen LogP contribution in [0.4, 0.5) is 4.39 Å². The Morgan fingerprint density at radius 1 is 1.14 bits per heavy atom. The largest absolute Gasteiger partial charge is 0.481 e. The Balaban J connectivity index is 1.33. The van der Waals surface area contributed by atoms with Crippen LogP contribution in [0.3, 0.4) is 0 Å². The number of carbonyl (C=O) groups is 1. The summed E-state index contributed by atoms with van der Waals surface area (Å²) in [6.07, 6.45) is 4.89. The summed E-state index contributed by atoms with van der Waals surface area (Å²) in [7, 11) is 0. The van der Waals surface area contributed by atoms with Gasteiger partial charge in [0.2, 0.25) is 11.8 Å². The van der Waals surface area contributed by atoms with Crippen molar-refractivity contribution in [2.24, 2.45) is 0 Å². The molecule has 0 bridgehead atoms. The van der Waals surface area contributed by atoms with Crippen LogP contribution < -0.4 is 9.47 Å². The normalized spacial score (nSPS) is 19.0. The number of aliphatic carboxylic acids is 1. The van der Waals surface area contributed by atoms with Crippen LogP contribution in [0.1, 0.15) is 54.9 Å². The monoisotopic (exact) mass is 502 g/mol. The maximum absolute atomic E-state index is 15.0.